The van der Waals surface area contributed by atoms with E-state index in [0.29, 0.717) is 23.4 Å². The first kappa shape index (κ1) is 22.2. The normalized spacial score (nSPS) is 11.2. The molecule has 0 atom stereocenters. The second-order valence-corrected chi connectivity index (χ2v) is 9.16. The van der Waals surface area contributed by atoms with E-state index in [9.17, 15) is 4.79 Å². The summed E-state index contributed by atoms with van der Waals surface area (Å²) in [6.45, 7) is 6.94. The molecule has 10 heteroatoms. The smallest absolute Gasteiger partial charge is 0.316 e. The van der Waals surface area contributed by atoms with E-state index in [4.69, 9.17) is 9.26 Å². The van der Waals surface area contributed by atoms with Gasteiger partial charge in [0, 0.05) is 12.1 Å². The highest BCUT2D eigenvalue weighted by Crippen LogP contribution is 2.27. The summed E-state index contributed by atoms with van der Waals surface area (Å²) in [6.07, 6.45) is 0. The van der Waals surface area contributed by atoms with E-state index in [1.54, 1.807) is 11.3 Å². The molecule has 3 heterocycles. The second-order valence-electron chi connectivity index (χ2n) is 7.27. The first-order valence-corrected chi connectivity index (χ1v) is 12.1. The van der Waals surface area contributed by atoms with Gasteiger partial charge in [0.1, 0.15) is 0 Å². The van der Waals surface area contributed by atoms with Crippen LogP contribution in [-0.4, -0.2) is 36.6 Å². The molecule has 4 aromatic rings. The Bertz CT molecular complexity index is 1170. The Morgan fingerprint density at radius 1 is 1.22 bits per heavy atom. The molecule has 0 aliphatic rings. The van der Waals surface area contributed by atoms with Crippen molar-refractivity contribution < 1.29 is 14.1 Å². The lowest BCUT2D eigenvalue weighted by molar-refractivity contribution is -0.142. The number of rotatable bonds is 9. The number of ether oxygens (including phenoxy) is 1. The second kappa shape index (κ2) is 10.1. The minimum Gasteiger partial charge on any atom is -0.455 e. The summed E-state index contributed by atoms with van der Waals surface area (Å²) < 4.78 is 12.5. The summed E-state index contributed by atoms with van der Waals surface area (Å²) in [6, 6.07) is 12.0. The Labute approximate surface area is 194 Å². The van der Waals surface area contributed by atoms with Gasteiger partial charge in [0.15, 0.2) is 17.6 Å². The molecule has 0 unspecified atom stereocenters. The fraction of sp³-hybridized carbons (Fsp3) is 0.318. The molecule has 32 heavy (non-hydrogen) atoms. The van der Waals surface area contributed by atoms with Gasteiger partial charge in [0.05, 0.1) is 10.6 Å². The Kier molecular flexibility index (Phi) is 7.01. The summed E-state index contributed by atoms with van der Waals surface area (Å²) >= 11 is 2.90. The maximum Gasteiger partial charge on any atom is 0.316 e. The number of nitrogens with zero attached hydrogens (tertiary/aromatic N) is 5. The van der Waals surface area contributed by atoms with E-state index in [2.05, 4.69) is 34.2 Å². The number of hydrogen-bond donors (Lipinski definition) is 0. The quantitative estimate of drug-likeness (QED) is 0.249. The van der Waals surface area contributed by atoms with E-state index in [-0.39, 0.29) is 24.2 Å². The highest BCUT2D eigenvalue weighted by molar-refractivity contribution is 7.99. The third kappa shape index (κ3) is 5.08. The standard InChI is InChI=1S/C22H23N5O3S2/c1-4-27-21(17-6-5-11-31-17)24-25-22(27)32-13-19(28)29-12-18-23-20(26-30-18)16-9-7-15(8-10-16)14(2)3/h5-11,14H,4,12-13H2,1-3H3. The highest BCUT2D eigenvalue weighted by Gasteiger charge is 2.16. The van der Waals surface area contributed by atoms with Gasteiger partial charge >= 0.3 is 5.97 Å². The molecule has 166 valence electrons. The first-order chi connectivity index (χ1) is 15.5. The minimum absolute atomic E-state index is 0.0720. The van der Waals surface area contributed by atoms with E-state index in [1.807, 2.05) is 53.3 Å². The molecular formula is C22H23N5O3S2. The molecule has 0 bridgehead atoms. The third-order valence-electron chi connectivity index (χ3n) is 4.75. The number of esters is 1. The molecule has 0 aliphatic carbocycles. The highest BCUT2D eigenvalue weighted by atomic mass is 32.2. The predicted molar refractivity (Wildman–Crippen MR) is 123 cm³/mol. The molecule has 0 saturated heterocycles. The number of carbonyl (C=O) groups is 1. The van der Waals surface area contributed by atoms with Crippen LogP contribution in [0.15, 0.2) is 51.5 Å². The van der Waals surface area contributed by atoms with Gasteiger partial charge in [-0.25, -0.2) is 0 Å². The minimum atomic E-state index is -0.389. The van der Waals surface area contributed by atoms with Crippen molar-refractivity contribution >= 4 is 29.1 Å². The number of thioether (sulfide) groups is 1. The average molecular weight is 470 g/mol. The van der Waals surface area contributed by atoms with E-state index in [0.717, 1.165) is 16.3 Å². The van der Waals surface area contributed by atoms with Gasteiger partial charge in [0.2, 0.25) is 5.82 Å². The largest absolute Gasteiger partial charge is 0.455 e. The number of thiophene rings is 1. The van der Waals surface area contributed by atoms with Crippen LogP contribution in [0, 0.1) is 0 Å². The van der Waals surface area contributed by atoms with Crippen molar-refractivity contribution in [3.05, 3.63) is 53.2 Å². The lowest BCUT2D eigenvalue weighted by Crippen LogP contribution is -2.09. The van der Waals surface area contributed by atoms with E-state index < -0.39 is 0 Å². The van der Waals surface area contributed by atoms with Crippen molar-refractivity contribution in [2.75, 3.05) is 5.75 Å². The van der Waals surface area contributed by atoms with Gasteiger partial charge in [-0.15, -0.1) is 21.5 Å². The maximum absolute atomic E-state index is 12.2. The van der Waals surface area contributed by atoms with Crippen LogP contribution in [0.5, 0.6) is 0 Å². The number of benzene rings is 1. The van der Waals surface area contributed by atoms with Gasteiger partial charge < -0.3 is 13.8 Å². The van der Waals surface area contributed by atoms with Crippen LogP contribution in [0.2, 0.25) is 0 Å². The topological polar surface area (TPSA) is 95.9 Å². The molecule has 8 nitrogen and oxygen atoms in total. The van der Waals surface area contributed by atoms with Crippen LogP contribution >= 0.6 is 23.1 Å². The van der Waals surface area contributed by atoms with Gasteiger partial charge in [-0.1, -0.05) is 61.1 Å². The molecule has 0 amide bonds. The van der Waals surface area contributed by atoms with Crippen molar-refractivity contribution in [3.8, 4) is 22.1 Å². The Morgan fingerprint density at radius 2 is 2.03 bits per heavy atom. The van der Waals surface area contributed by atoms with Crippen LogP contribution in [0.1, 0.15) is 38.1 Å². The Hall–Kier alpha value is -2.98. The summed E-state index contributed by atoms with van der Waals surface area (Å²) in [5, 5.41) is 15.1. The molecule has 3 aromatic heterocycles. The summed E-state index contributed by atoms with van der Waals surface area (Å²) in [4.78, 5) is 17.6. The molecule has 4 rings (SSSR count). The zero-order chi connectivity index (χ0) is 22.5. The first-order valence-electron chi connectivity index (χ1n) is 10.2. The van der Waals surface area contributed by atoms with Crippen molar-refractivity contribution in [1.82, 2.24) is 24.9 Å². The Balaban J connectivity index is 1.30. The van der Waals surface area contributed by atoms with Gasteiger partial charge in [0.25, 0.3) is 5.89 Å². The molecule has 0 fully saturated rings. The van der Waals surface area contributed by atoms with Crippen molar-refractivity contribution in [2.45, 2.75) is 45.0 Å². The summed E-state index contributed by atoms with van der Waals surface area (Å²) in [5.41, 5.74) is 2.09. The van der Waals surface area contributed by atoms with E-state index >= 15 is 0 Å². The average Bonchev–Trinajstić information content (AvgIpc) is 3.56. The predicted octanol–water partition coefficient (Wildman–Crippen LogP) is 5.04. The van der Waals surface area contributed by atoms with Crippen LogP contribution in [0.3, 0.4) is 0 Å². The molecule has 0 N–H and O–H groups in total. The number of hydrogen-bond acceptors (Lipinski definition) is 9. The zero-order valence-electron chi connectivity index (χ0n) is 18.0. The third-order valence-corrected chi connectivity index (χ3v) is 6.56. The fourth-order valence-electron chi connectivity index (χ4n) is 3.02. The molecule has 0 radical (unpaired) electrons. The summed E-state index contributed by atoms with van der Waals surface area (Å²) in [7, 11) is 0. The monoisotopic (exact) mass is 469 g/mol. The van der Waals surface area contributed by atoms with Crippen molar-refractivity contribution in [1.29, 1.82) is 0 Å². The summed E-state index contributed by atoms with van der Waals surface area (Å²) in [5.74, 6) is 1.70. The molecule has 1 aromatic carbocycles. The van der Waals surface area contributed by atoms with Gasteiger partial charge in [-0.3, -0.25) is 4.79 Å². The molecule has 0 spiro atoms. The van der Waals surface area contributed by atoms with Crippen LogP contribution in [-0.2, 0) is 22.7 Å². The maximum atomic E-state index is 12.2. The van der Waals surface area contributed by atoms with Gasteiger partial charge in [-0.2, -0.15) is 4.98 Å². The van der Waals surface area contributed by atoms with Crippen LogP contribution in [0.25, 0.3) is 22.1 Å². The van der Waals surface area contributed by atoms with Crippen LogP contribution in [0.4, 0.5) is 0 Å². The Morgan fingerprint density at radius 3 is 2.72 bits per heavy atom. The SMILES string of the molecule is CCn1c(SCC(=O)OCc2nc(-c3ccc(C(C)C)cc3)no2)nnc1-c1cccs1. The molecule has 0 aliphatic heterocycles. The van der Waals surface area contributed by atoms with Crippen molar-refractivity contribution in [2.24, 2.45) is 0 Å². The molecule has 0 saturated carbocycles. The lowest BCUT2D eigenvalue weighted by Gasteiger charge is -2.06. The molecular weight excluding hydrogens is 446 g/mol. The van der Waals surface area contributed by atoms with Gasteiger partial charge in [-0.05, 0) is 29.9 Å². The number of carbonyl (C=O) groups excluding carboxylic acids is 1. The lowest BCUT2D eigenvalue weighted by atomic mass is 10.0. The van der Waals surface area contributed by atoms with E-state index in [1.165, 1.54) is 17.3 Å². The zero-order valence-corrected chi connectivity index (χ0v) is 19.7. The number of aromatic nitrogens is 5. The van der Waals surface area contributed by atoms with Crippen molar-refractivity contribution in [3.63, 3.8) is 0 Å². The fourth-order valence-corrected chi connectivity index (χ4v) is 4.54. The van der Waals surface area contributed by atoms with Crippen LogP contribution < -0.4 is 0 Å².